The Labute approximate surface area is 460 Å². The molecule has 0 bridgehead atoms. The third-order valence-corrected chi connectivity index (χ3v) is 12.2. The largest absolute Gasteiger partial charge is 0.462 e. The first-order chi connectivity index (χ1) is 37.0. The van der Waals surface area contributed by atoms with Crippen molar-refractivity contribution >= 4 is 17.9 Å². The molecule has 0 aliphatic heterocycles. The lowest BCUT2D eigenvalue weighted by molar-refractivity contribution is -0.166. The summed E-state index contributed by atoms with van der Waals surface area (Å²) in [6, 6.07) is 0. The van der Waals surface area contributed by atoms with Crippen LogP contribution in [-0.2, 0) is 28.6 Å². The summed E-state index contributed by atoms with van der Waals surface area (Å²) in [6.07, 6.45) is 89.6. The number of carbonyl (C=O) groups excluding carboxylic acids is 3. The maximum Gasteiger partial charge on any atom is 0.306 e. The second-order valence-electron chi connectivity index (χ2n) is 19.3. The molecule has 0 aliphatic rings. The number of ether oxygens (including phenoxy) is 3. The summed E-state index contributed by atoms with van der Waals surface area (Å²) in [5, 5.41) is 0. The van der Waals surface area contributed by atoms with Gasteiger partial charge in [0.1, 0.15) is 13.2 Å². The predicted molar refractivity (Wildman–Crippen MR) is 325 cm³/mol. The number of esters is 3. The van der Waals surface area contributed by atoms with Crippen molar-refractivity contribution in [2.45, 2.75) is 245 Å². The van der Waals surface area contributed by atoms with Crippen LogP contribution in [0.4, 0.5) is 0 Å². The topological polar surface area (TPSA) is 78.9 Å². The lowest BCUT2D eigenvalue weighted by Gasteiger charge is -2.18. The van der Waals surface area contributed by atoms with Crippen molar-refractivity contribution in [2.24, 2.45) is 0 Å². The minimum absolute atomic E-state index is 0.128. The second-order valence-corrected chi connectivity index (χ2v) is 19.3. The van der Waals surface area contributed by atoms with Gasteiger partial charge in [0.25, 0.3) is 0 Å². The van der Waals surface area contributed by atoms with Gasteiger partial charge in [0, 0.05) is 19.3 Å². The maximum atomic E-state index is 12.9. The van der Waals surface area contributed by atoms with Gasteiger partial charge in [-0.2, -0.15) is 0 Å². The molecule has 420 valence electrons. The average Bonchev–Trinajstić information content (AvgIpc) is 3.41. The fourth-order valence-electron chi connectivity index (χ4n) is 7.80. The molecule has 0 aromatic rings. The van der Waals surface area contributed by atoms with Crippen LogP contribution in [0.2, 0.25) is 0 Å². The van der Waals surface area contributed by atoms with Crippen molar-refractivity contribution in [3.8, 4) is 0 Å². The predicted octanol–water partition coefficient (Wildman–Crippen LogP) is 20.5. The van der Waals surface area contributed by atoms with E-state index in [1.165, 1.54) is 103 Å². The number of allylic oxidation sites excluding steroid dienone is 26. The third kappa shape index (κ3) is 59.8. The van der Waals surface area contributed by atoms with Crippen LogP contribution in [0.15, 0.2) is 158 Å². The van der Waals surface area contributed by atoms with E-state index in [2.05, 4.69) is 93.7 Å². The van der Waals surface area contributed by atoms with Crippen LogP contribution in [0.3, 0.4) is 0 Å². The second kappa shape index (κ2) is 61.6. The lowest BCUT2D eigenvalue weighted by atomic mass is 10.0. The smallest absolute Gasteiger partial charge is 0.306 e. The standard InChI is InChI=1S/C69H108O6/c1-4-7-10-13-16-19-22-25-28-31-34-37-40-43-46-49-52-55-58-61-67(70)73-64-66(75-69(72)63-60-57-54-51-48-45-42-39-36-33-30-27-24-21-18-15-12-9-6-3)65-74-68(71)62-59-56-53-50-47-44-41-38-35-32-29-26-23-20-17-14-11-8-5-2/h7,9-10,12-13,16,18-19,21-22,25,27-28,30-31,34,36-37,39-40,43,45-46,48,54,57,66H,4-6,8,11,14-15,17,20,23-24,26,29,32-33,35,38,41-42,44,47,49-53,55-56,58-65H2,1-3H3/b10-7-,12-9-,16-13-,21-18-,22-19-,28-25-,30-27-,34-31+,39-36-,40-37-,46-43-,48-45-,57-54-. The molecule has 6 nitrogen and oxygen atoms in total. The Balaban J connectivity index is 4.60. The van der Waals surface area contributed by atoms with E-state index in [1.54, 1.807) is 0 Å². The molecular weight excluding hydrogens is 925 g/mol. The van der Waals surface area contributed by atoms with Crippen LogP contribution in [0.1, 0.15) is 239 Å². The molecule has 6 heteroatoms. The molecule has 0 rings (SSSR count). The zero-order valence-electron chi connectivity index (χ0n) is 48.0. The molecule has 0 amide bonds. The van der Waals surface area contributed by atoms with Crippen molar-refractivity contribution in [3.05, 3.63) is 158 Å². The number of carbonyl (C=O) groups is 3. The zero-order valence-corrected chi connectivity index (χ0v) is 48.0. The zero-order chi connectivity index (χ0) is 54.3. The number of hydrogen-bond donors (Lipinski definition) is 0. The minimum Gasteiger partial charge on any atom is -0.462 e. The van der Waals surface area contributed by atoms with Crippen LogP contribution in [0.5, 0.6) is 0 Å². The molecule has 0 N–H and O–H groups in total. The molecule has 0 spiro atoms. The van der Waals surface area contributed by atoms with Gasteiger partial charge in [-0.3, -0.25) is 14.4 Å². The van der Waals surface area contributed by atoms with E-state index in [0.29, 0.717) is 19.3 Å². The summed E-state index contributed by atoms with van der Waals surface area (Å²) >= 11 is 0. The van der Waals surface area contributed by atoms with Crippen LogP contribution < -0.4 is 0 Å². The van der Waals surface area contributed by atoms with Crippen LogP contribution in [0.25, 0.3) is 0 Å². The van der Waals surface area contributed by atoms with Gasteiger partial charge < -0.3 is 14.2 Å². The van der Waals surface area contributed by atoms with Crippen molar-refractivity contribution in [1.82, 2.24) is 0 Å². The Kier molecular flexibility index (Phi) is 57.5. The highest BCUT2D eigenvalue weighted by molar-refractivity contribution is 5.71. The molecule has 1 unspecified atom stereocenters. The number of unbranched alkanes of at least 4 members (excludes halogenated alkanes) is 21. The van der Waals surface area contributed by atoms with E-state index in [4.69, 9.17) is 14.2 Å². The molecule has 0 aromatic heterocycles. The fraction of sp³-hybridized carbons (Fsp3) is 0.580. The van der Waals surface area contributed by atoms with Gasteiger partial charge in [0.05, 0.1) is 0 Å². The van der Waals surface area contributed by atoms with Crippen molar-refractivity contribution in [3.63, 3.8) is 0 Å². The average molecular weight is 1030 g/mol. The van der Waals surface area contributed by atoms with E-state index in [0.717, 1.165) is 83.5 Å². The Bertz CT molecular complexity index is 1710. The van der Waals surface area contributed by atoms with E-state index < -0.39 is 12.1 Å². The molecular formula is C69H108O6. The van der Waals surface area contributed by atoms with Gasteiger partial charge in [-0.05, 0) is 77.0 Å². The fourth-order valence-corrected chi connectivity index (χ4v) is 7.80. The molecule has 0 aromatic carbocycles. The Morgan fingerprint density at radius 1 is 0.293 bits per heavy atom. The minimum atomic E-state index is -0.845. The molecule has 75 heavy (non-hydrogen) atoms. The molecule has 0 heterocycles. The first-order valence-corrected chi connectivity index (χ1v) is 30.1. The van der Waals surface area contributed by atoms with Crippen LogP contribution in [-0.4, -0.2) is 37.2 Å². The molecule has 1 atom stereocenters. The highest BCUT2D eigenvalue weighted by Gasteiger charge is 2.19. The SMILES string of the molecule is CC\C=C/C=C\C=C/C=C\C=C\C=C/C=C\CCCCCC(=O)OCC(COC(=O)CCCCCCCCCCCCCCCCCCCCC)OC(=O)CC/C=C\C/C=C\C/C=C\C/C=C\C/C=C\C/C=C\CC. The third-order valence-electron chi connectivity index (χ3n) is 12.2. The van der Waals surface area contributed by atoms with Crippen LogP contribution >= 0.6 is 0 Å². The summed E-state index contributed by atoms with van der Waals surface area (Å²) in [7, 11) is 0. The molecule has 0 saturated heterocycles. The lowest BCUT2D eigenvalue weighted by Crippen LogP contribution is -2.30. The van der Waals surface area contributed by atoms with E-state index in [1.807, 2.05) is 85.1 Å². The number of rotatable bonds is 52. The van der Waals surface area contributed by atoms with Gasteiger partial charge in [-0.15, -0.1) is 0 Å². The van der Waals surface area contributed by atoms with Crippen molar-refractivity contribution in [1.29, 1.82) is 0 Å². The maximum absolute atomic E-state index is 12.9. The summed E-state index contributed by atoms with van der Waals surface area (Å²) < 4.78 is 16.8. The summed E-state index contributed by atoms with van der Waals surface area (Å²) in [5.41, 5.74) is 0. The highest BCUT2D eigenvalue weighted by atomic mass is 16.6. The van der Waals surface area contributed by atoms with Gasteiger partial charge in [0.2, 0.25) is 0 Å². The first kappa shape index (κ1) is 70.0. The number of hydrogen-bond acceptors (Lipinski definition) is 6. The van der Waals surface area contributed by atoms with E-state index >= 15 is 0 Å². The molecule has 0 aliphatic carbocycles. The van der Waals surface area contributed by atoms with Gasteiger partial charge in [0.15, 0.2) is 6.10 Å². The normalized spacial score (nSPS) is 13.3. The Morgan fingerprint density at radius 3 is 1.00 bits per heavy atom. The Hall–Kier alpha value is -4.97. The monoisotopic (exact) mass is 1030 g/mol. The van der Waals surface area contributed by atoms with Gasteiger partial charge >= 0.3 is 17.9 Å². The van der Waals surface area contributed by atoms with Crippen LogP contribution in [0, 0.1) is 0 Å². The molecule has 0 saturated carbocycles. The van der Waals surface area contributed by atoms with Gasteiger partial charge in [-0.25, -0.2) is 0 Å². The van der Waals surface area contributed by atoms with E-state index in [9.17, 15) is 14.4 Å². The molecule has 0 radical (unpaired) electrons. The Morgan fingerprint density at radius 2 is 0.613 bits per heavy atom. The summed E-state index contributed by atoms with van der Waals surface area (Å²) in [4.78, 5) is 38.2. The summed E-state index contributed by atoms with van der Waals surface area (Å²) in [5.74, 6) is -1.06. The first-order valence-electron chi connectivity index (χ1n) is 30.1. The highest BCUT2D eigenvalue weighted by Crippen LogP contribution is 2.16. The van der Waals surface area contributed by atoms with E-state index in [-0.39, 0.29) is 38.0 Å². The molecule has 0 fully saturated rings. The quantitative estimate of drug-likeness (QED) is 0.0199. The van der Waals surface area contributed by atoms with Crippen molar-refractivity contribution in [2.75, 3.05) is 13.2 Å². The summed E-state index contributed by atoms with van der Waals surface area (Å²) in [6.45, 7) is 6.28. The van der Waals surface area contributed by atoms with Gasteiger partial charge in [-0.1, -0.05) is 301 Å². The van der Waals surface area contributed by atoms with Crippen molar-refractivity contribution < 1.29 is 28.6 Å².